The number of piperidine rings is 1. The van der Waals surface area contributed by atoms with Crippen molar-refractivity contribution in [3.8, 4) is 11.5 Å². The van der Waals surface area contributed by atoms with Crippen LogP contribution in [0.2, 0.25) is 0 Å². The number of hydrogen-bond donors (Lipinski definition) is 0. The molecule has 0 unspecified atom stereocenters. The van der Waals surface area contributed by atoms with Gasteiger partial charge in [-0.15, -0.1) is 6.58 Å². The minimum atomic E-state index is 0.00664. The third-order valence-corrected chi connectivity index (χ3v) is 4.90. The van der Waals surface area contributed by atoms with Gasteiger partial charge in [0.15, 0.2) is 18.1 Å². The molecule has 1 fully saturated rings. The van der Waals surface area contributed by atoms with Gasteiger partial charge >= 0.3 is 0 Å². The number of ether oxygens (including phenoxy) is 2. The number of nitrogens with zero attached hydrogens (tertiary/aromatic N) is 2. The Morgan fingerprint density at radius 2 is 2.08 bits per heavy atom. The topological polar surface area (TPSA) is 42.0 Å². The standard InChI is InChI=1S/C20H30N2O3/c1-5-7-16-8-9-18(19(14-16)24-4)25-15-20(23)21(3)17-10-12-22(6-2)13-11-17/h5,8-9,14,17H,1,6-7,10-13,15H2,2-4H3. The van der Waals surface area contributed by atoms with Gasteiger partial charge in [0.25, 0.3) is 5.91 Å². The lowest BCUT2D eigenvalue weighted by molar-refractivity contribution is -0.135. The Bertz CT molecular complexity index is 580. The van der Waals surface area contributed by atoms with Crippen molar-refractivity contribution in [1.82, 2.24) is 9.80 Å². The Morgan fingerprint density at radius 3 is 2.68 bits per heavy atom. The summed E-state index contributed by atoms with van der Waals surface area (Å²) in [6, 6.07) is 6.04. The van der Waals surface area contributed by atoms with Crippen LogP contribution in [-0.4, -0.2) is 62.1 Å². The molecular weight excluding hydrogens is 316 g/mol. The molecule has 0 spiro atoms. The number of hydrogen-bond acceptors (Lipinski definition) is 4. The summed E-state index contributed by atoms with van der Waals surface area (Å²) in [6.07, 6.45) is 4.66. The van der Waals surface area contributed by atoms with Crippen LogP contribution in [0.15, 0.2) is 30.9 Å². The minimum absolute atomic E-state index is 0.00664. The van der Waals surface area contributed by atoms with Crippen LogP contribution in [-0.2, 0) is 11.2 Å². The first-order valence-corrected chi connectivity index (χ1v) is 8.97. The molecule has 2 rings (SSSR count). The second-order valence-corrected chi connectivity index (χ2v) is 6.44. The Morgan fingerprint density at radius 1 is 1.36 bits per heavy atom. The maximum absolute atomic E-state index is 12.5. The molecule has 1 saturated heterocycles. The lowest BCUT2D eigenvalue weighted by atomic mass is 10.0. The van der Waals surface area contributed by atoms with E-state index in [1.165, 1.54) is 0 Å². The smallest absolute Gasteiger partial charge is 0.260 e. The van der Waals surface area contributed by atoms with Crippen molar-refractivity contribution in [2.75, 3.05) is 40.4 Å². The molecule has 1 aliphatic heterocycles. The van der Waals surface area contributed by atoms with Crippen LogP contribution in [0, 0.1) is 0 Å². The number of carbonyl (C=O) groups excluding carboxylic acids is 1. The highest BCUT2D eigenvalue weighted by Crippen LogP contribution is 2.28. The lowest BCUT2D eigenvalue weighted by Gasteiger charge is -2.36. The van der Waals surface area contributed by atoms with Crippen molar-refractivity contribution < 1.29 is 14.3 Å². The second kappa shape index (κ2) is 9.47. The summed E-state index contributed by atoms with van der Waals surface area (Å²) in [5.41, 5.74) is 1.10. The van der Waals surface area contributed by atoms with Crippen LogP contribution < -0.4 is 9.47 Å². The molecule has 0 aromatic heterocycles. The summed E-state index contributed by atoms with van der Waals surface area (Å²) in [7, 11) is 3.48. The van der Waals surface area contributed by atoms with E-state index >= 15 is 0 Å². The van der Waals surface area contributed by atoms with Crippen LogP contribution >= 0.6 is 0 Å². The van der Waals surface area contributed by atoms with Gasteiger partial charge in [-0.25, -0.2) is 0 Å². The highest BCUT2D eigenvalue weighted by atomic mass is 16.5. The van der Waals surface area contributed by atoms with Crippen LogP contribution in [0.4, 0.5) is 0 Å². The monoisotopic (exact) mass is 346 g/mol. The number of benzene rings is 1. The zero-order chi connectivity index (χ0) is 18.2. The highest BCUT2D eigenvalue weighted by molar-refractivity contribution is 5.78. The Balaban J connectivity index is 1.89. The van der Waals surface area contributed by atoms with Gasteiger partial charge in [0, 0.05) is 26.2 Å². The Labute approximate surface area is 151 Å². The van der Waals surface area contributed by atoms with E-state index in [1.807, 2.05) is 36.2 Å². The fourth-order valence-corrected chi connectivity index (χ4v) is 3.19. The number of amides is 1. The SMILES string of the molecule is C=CCc1ccc(OCC(=O)N(C)C2CCN(CC)CC2)c(OC)c1. The molecule has 5 nitrogen and oxygen atoms in total. The van der Waals surface area contributed by atoms with Gasteiger partial charge in [0.05, 0.1) is 7.11 Å². The van der Waals surface area contributed by atoms with E-state index in [1.54, 1.807) is 7.11 Å². The molecule has 25 heavy (non-hydrogen) atoms. The zero-order valence-corrected chi connectivity index (χ0v) is 15.7. The van der Waals surface area contributed by atoms with Gasteiger partial charge in [-0.3, -0.25) is 4.79 Å². The molecular formula is C20H30N2O3. The van der Waals surface area contributed by atoms with Crippen LogP contribution in [0.25, 0.3) is 0 Å². The molecule has 1 heterocycles. The fourth-order valence-electron chi connectivity index (χ4n) is 3.19. The molecule has 0 saturated carbocycles. The molecule has 0 aliphatic carbocycles. The molecule has 1 aliphatic rings. The lowest BCUT2D eigenvalue weighted by Crippen LogP contribution is -2.46. The molecule has 5 heteroatoms. The first kappa shape index (κ1) is 19.3. The van der Waals surface area contributed by atoms with Gasteiger partial charge in [-0.05, 0) is 43.5 Å². The predicted molar refractivity (Wildman–Crippen MR) is 100 cm³/mol. The van der Waals surface area contributed by atoms with Gasteiger partial charge < -0.3 is 19.3 Å². The largest absolute Gasteiger partial charge is 0.493 e. The molecule has 0 N–H and O–H groups in total. The quantitative estimate of drug-likeness (QED) is 0.679. The first-order valence-electron chi connectivity index (χ1n) is 8.97. The molecule has 0 atom stereocenters. The van der Waals surface area contributed by atoms with Crippen LogP contribution in [0.3, 0.4) is 0 Å². The number of likely N-dealkylation sites (N-methyl/N-ethyl adjacent to an activating group) is 1. The average molecular weight is 346 g/mol. The Kier molecular flexibility index (Phi) is 7.31. The minimum Gasteiger partial charge on any atom is -0.493 e. The maximum Gasteiger partial charge on any atom is 0.260 e. The van der Waals surface area contributed by atoms with E-state index in [0.29, 0.717) is 17.5 Å². The van der Waals surface area contributed by atoms with Gasteiger partial charge in [0.1, 0.15) is 0 Å². The van der Waals surface area contributed by atoms with E-state index in [9.17, 15) is 4.79 Å². The number of methoxy groups -OCH3 is 1. The van der Waals surface area contributed by atoms with Gasteiger partial charge in [-0.2, -0.15) is 0 Å². The molecule has 0 radical (unpaired) electrons. The van der Waals surface area contributed by atoms with E-state index in [2.05, 4.69) is 18.4 Å². The van der Waals surface area contributed by atoms with E-state index in [4.69, 9.17) is 9.47 Å². The molecule has 138 valence electrons. The number of carbonyl (C=O) groups is 1. The third kappa shape index (κ3) is 5.23. The summed E-state index contributed by atoms with van der Waals surface area (Å²) in [5.74, 6) is 1.25. The van der Waals surface area contributed by atoms with Crippen molar-refractivity contribution in [2.45, 2.75) is 32.2 Å². The van der Waals surface area contributed by atoms with Gasteiger partial charge in [-0.1, -0.05) is 19.1 Å². The van der Waals surface area contributed by atoms with Crippen molar-refractivity contribution in [1.29, 1.82) is 0 Å². The number of likely N-dealkylation sites (tertiary alicyclic amines) is 1. The van der Waals surface area contributed by atoms with E-state index in [0.717, 1.165) is 44.5 Å². The third-order valence-electron chi connectivity index (χ3n) is 4.90. The fraction of sp³-hybridized carbons (Fsp3) is 0.550. The normalized spacial score (nSPS) is 15.6. The van der Waals surface area contributed by atoms with Gasteiger partial charge in [0.2, 0.25) is 0 Å². The first-order chi connectivity index (χ1) is 12.1. The van der Waals surface area contributed by atoms with Crippen LogP contribution in [0.1, 0.15) is 25.3 Å². The Hall–Kier alpha value is -2.01. The van der Waals surface area contributed by atoms with E-state index in [-0.39, 0.29) is 12.5 Å². The molecule has 1 amide bonds. The van der Waals surface area contributed by atoms with E-state index < -0.39 is 0 Å². The molecule has 1 aromatic rings. The highest BCUT2D eigenvalue weighted by Gasteiger charge is 2.25. The summed E-state index contributed by atoms with van der Waals surface area (Å²) in [4.78, 5) is 16.7. The van der Waals surface area contributed by atoms with Crippen LogP contribution in [0.5, 0.6) is 11.5 Å². The summed E-state index contributed by atoms with van der Waals surface area (Å²) in [5, 5.41) is 0. The number of allylic oxidation sites excluding steroid dienone is 1. The summed E-state index contributed by atoms with van der Waals surface area (Å²) < 4.78 is 11.1. The second-order valence-electron chi connectivity index (χ2n) is 6.44. The van der Waals surface area contributed by atoms with Crippen molar-refractivity contribution >= 4 is 5.91 Å². The van der Waals surface area contributed by atoms with Crippen molar-refractivity contribution in [2.24, 2.45) is 0 Å². The average Bonchev–Trinajstić information content (AvgIpc) is 2.66. The van der Waals surface area contributed by atoms with Crippen molar-refractivity contribution in [3.63, 3.8) is 0 Å². The maximum atomic E-state index is 12.5. The number of rotatable bonds is 8. The molecule has 1 aromatic carbocycles. The van der Waals surface area contributed by atoms with Crippen molar-refractivity contribution in [3.05, 3.63) is 36.4 Å². The molecule has 0 bridgehead atoms. The zero-order valence-electron chi connectivity index (χ0n) is 15.7. The summed E-state index contributed by atoms with van der Waals surface area (Å²) >= 11 is 0. The predicted octanol–water partition coefficient (Wildman–Crippen LogP) is 2.75. The summed E-state index contributed by atoms with van der Waals surface area (Å²) in [6.45, 7) is 9.13.